The number of rotatable bonds is 6. The second-order valence-electron chi connectivity index (χ2n) is 5.54. The lowest BCUT2D eigenvalue weighted by Crippen LogP contribution is -2.14. The second-order valence-corrected chi connectivity index (χ2v) is 5.54. The van der Waals surface area contributed by atoms with E-state index in [-0.39, 0.29) is 17.9 Å². The molecule has 7 nitrogen and oxygen atoms in total. The first-order valence-electron chi connectivity index (χ1n) is 7.61. The Balaban J connectivity index is 1.95. The van der Waals surface area contributed by atoms with Crippen LogP contribution in [0.3, 0.4) is 0 Å². The molecule has 0 radical (unpaired) electrons. The Morgan fingerprint density at radius 1 is 1.28 bits per heavy atom. The fourth-order valence-electron chi connectivity index (χ4n) is 2.47. The molecule has 3 aromatic rings. The highest BCUT2D eigenvalue weighted by molar-refractivity contribution is 5.75. The number of halogens is 2. The lowest BCUT2D eigenvalue weighted by Gasteiger charge is -2.08. The van der Waals surface area contributed by atoms with Gasteiger partial charge in [0.15, 0.2) is 11.6 Å². The van der Waals surface area contributed by atoms with Crippen molar-refractivity contribution >= 4 is 5.91 Å². The fraction of sp³-hybridized carbons (Fsp3) is 0.250. The van der Waals surface area contributed by atoms with E-state index < -0.39 is 17.5 Å². The lowest BCUT2D eigenvalue weighted by molar-refractivity contribution is -0.117. The van der Waals surface area contributed by atoms with Gasteiger partial charge < -0.3 is 5.73 Å². The van der Waals surface area contributed by atoms with Crippen LogP contribution >= 0.6 is 0 Å². The Labute approximate surface area is 142 Å². The monoisotopic (exact) mass is 346 g/mol. The van der Waals surface area contributed by atoms with Gasteiger partial charge in [0.1, 0.15) is 17.3 Å². The summed E-state index contributed by atoms with van der Waals surface area (Å²) in [5.74, 6) is -1.44. The zero-order valence-corrected chi connectivity index (χ0v) is 13.5. The number of nitrogens with two attached hydrogens (primary N) is 1. The summed E-state index contributed by atoms with van der Waals surface area (Å²) >= 11 is 0. The van der Waals surface area contributed by atoms with Gasteiger partial charge in [0.2, 0.25) is 5.91 Å². The van der Waals surface area contributed by atoms with Crippen molar-refractivity contribution in [2.24, 2.45) is 5.73 Å². The Hall–Kier alpha value is -3.10. The maximum Gasteiger partial charge on any atom is 0.225 e. The number of carbonyl (C=O) groups is 1. The highest BCUT2D eigenvalue weighted by Gasteiger charge is 2.16. The topological polar surface area (TPSA) is 91.6 Å². The van der Waals surface area contributed by atoms with Gasteiger partial charge in [0.25, 0.3) is 0 Å². The third-order valence-electron chi connectivity index (χ3n) is 3.66. The number of amides is 1. The van der Waals surface area contributed by atoms with Crippen LogP contribution in [0.25, 0.3) is 5.69 Å². The summed E-state index contributed by atoms with van der Waals surface area (Å²) in [6, 6.07) is 5.04. The average molecular weight is 346 g/mol. The maximum atomic E-state index is 14.1. The molecule has 0 aliphatic rings. The normalized spacial score (nSPS) is 11.0. The Morgan fingerprint density at radius 3 is 2.72 bits per heavy atom. The molecule has 0 spiro atoms. The number of hydrogen-bond donors (Lipinski definition) is 1. The molecule has 0 saturated heterocycles. The van der Waals surface area contributed by atoms with Crippen LogP contribution < -0.4 is 5.73 Å². The number of nitrogens with zero attached hydrogens (tertiary/aromatic N) is 5. The van der Waals surface area contributed by atoms with Gasteiger partial charge in [0, 0.05) is 30.9 Å². The molecule has 0 fully saturated rings. The smallest absolute Gasteiger partial charge is 0.225 e. The molecule has 0 atom stereocenters. The first kappa shape index (κ1) is 16.7. The maximum absolute atomic E-state index is 14.1. The van der Waals surface area contributed by atoms with E-state index in [1.165, 1.54) is 10.7 Å². The van der Waals surface area contributed by atoms with Gasteiger partial charge in [-0.1, -0.05) is 0 Å². The van der Waals surface area contributed by atoms with Crippen molar-refractivity contribution in [3.8, 4) is 5.69 Å². The van der Waals surface area contributed by atoms with Crippen LogP contribution in [0.1, 0.15) is 17.3 Å². The first-order chi connectivity index (χ1) is 11.9. The minimum absolute atomic E-state index is 0.0526. The molecular formula is C16H16F2N6O. The van der Waals surface area contributed by atoms with Crippen LogP contribution in [-0.4, -0.2) is 30.5 Å². The van der Waals surface area contributed by atoms with Gasteiger partial charge in [-0.25, -0.2) is 18.4 Å². The van der Waals surface area contributed by atoms with Crippen LogP contribution in [0.2, 0.25) is 0 Å². The molecule has 3 rings (SSSR count). The van der Waals surface area contributed by atoms with E-state index in [0.29, 0.717) is 18.8 Å². The lowest BCUT2D eigenvalue weighted by atomic mass is 10.3. The van der Waals surface area contributed by atoms with Crippen LogP contribution in [0.4, 0.5) is 8.78 Å². The summed E-state index contributed by atoms with van der Waals surface area (Å²) in [7, 11) is 0. The molecule has 1 aromatic carbocycles. The third-order valence-corrected chi connectivity index (χ3v) is 3.66. The van der Waals surface area contributed by atoms with E-state index in [0.717, 1.165) is 17.8 Å². The second kappa shape index (κ2) is 6.80. The van der Waals surface area contributed by atoms with Gasteiger partial charge in [-0.2, -0.15) is 10.2 Å². The first-order valence-corrected chi connectivity index (χ1v) is 7.61. The summed E-state index contributed by atoms with van der Waals surface area (Å²) in [5.41, 5.74) is 6.20. The molecule has 130 valence electrons. The number of aromatic nitrogens is 5. The molecule has 1 amide bonds. The van der Waals surface area contributed by atoms with Gasteiger partial charge in [-0.05, 0) is 25.1 Å². The Bertz CT molecular complexity index is 917. The van der Waals surface area contributed by atoms with E-state index in [9.17, 15) is 13.6 Å². The number of carbonyl (C=O) groups excluding carboxylic acids is 1. The fourth-order valence-corrected chi connectivity index (χ4v) is 2.47. The molecule has 9 heteroatoms. The highest BCUT2D eigenvalue weighted by Crippen LogP contribution is 2.17. The molecule has 0 aliphatic heterocycles. The standard InChI is InChI=1S/C16H16F2N6O/c1-10-4-6-20-23(10)7-5-16-21-15(9-14(19)25)22-24(16)13-3-2-11(17)8-12(13)18/h2-4,6,8H,5,7,9H2,1H3,(H2,19,25). The number of benzene rings is 1. The van der Waals surface area contributed by atoms with Crippen molar-refractivity contribution < 1.29 is 13.6 Å². The van der Waals surface area contributed by atoms with Crippen molar-refractivity contribution in [1.29, 1.82) is 0 Å². The van der Waals surface area contributed by atoms with Gasteiger partial charge in [-0.15, -0.1) is 0 Å². The summed E-state index contributed by atoms with van der Waals surface area (Å²) in [6.07, 6.45) is 1.91. The molecule has 25 heavy (non-hydrogen) atoms. The minimum Gasteiger partial charge on any atom is -0.369 e. The number of primary amides is 1. The molecule has 0 unspecified atom stereocenters. The van der Waals surface area contributed by atoms with Crippen LogP contribution in [-0.2, 0) is 24.2 Å². The van der Waals surface area contributed by atoms with Crippen molar-refractivity contribution in [3.63, 3.8) is 0 Å². The van der Waals surface area contributed by atoms with Crippen molar-refractivity contribution in [2.45, 2.75) is 26.3 Å². The van der Waals surface area contributed by atoms with Gasteiger partial charge in [-0.3, -0.25) is 9.48 Å². The van der Waals surface area contributed by atoms with Gasteiger partial charge in [0.05, 0.1) is 6.42 Å². The minimum atomic E-state index is -0.771. The SMILES string of the molecule is Cc1ccnn1CCc1nc(CC(N)=O)nn1-c1ccc(F)cc1F. The predicted molar refractivity (Wildman–Crippen MR) is 84.8 cm³/mol. The Kier molecular flexibility index (Phi) is 4.55. The summed E-state index contributed by atoms with van der Waals surface area (Å²) in [4.78, 5) is 15.4. The Morgan fingerprint density at radius 2 is 2.08 bits per heavy atom. The quantitative estimate of drug-likeness (QED) is 0.729. The molecule has 0 aliphatic carbocycles. The van der Waals surface area contributed by atoms with Crippen molar-refractivity contribution in [3.05, 3.63) is 59.4 Å². The largest absolute Gasteiger partial charge is 0.369 e. The van der Waals surface area contributed by atoms with E-state index in [4.69, 9.17) is 5.73 Å². The van der Waals surface area contributed by atoms with Crippen molar-refractivity contribution in [1.82, 2.24) is 24.5 Å². The highest BCUT2D eigenvalue weighted by atomic mass is 19.1. The van der Waals surface area contributed by atoms with E-state index >= 15 is 0 Å². The molecule has 2 heterocycles. The van der Waals surface area contributed by atoms with Crippen LogP contribution in [0.5, 0.6) is 0 Å². The van der Waals surface area contributed by atoms with E-state index in [1.807, 2.05) is 13.0 Å². The van der Waals surface area contributed by atoms with Crippen molar-refractivity contribution in [2.75, 3.05) is 0 Å². The molecular weight excluding hydrogens is 330 g/mol. The summed E-state index contributed by atoms with van der Waals surface area (Å²) in [5, 5.41) is 8.33. The van der Waals surface area contributed by atoms with E-state index in [2.05, 4.69) is 15.2 Å². The molecule has 2 aromatic heterocycles. The summed E-state index contributed by atoms with van der Waals surface area (Å²) < 4.78 is 30.3. The van der Waals surface area contributed by atoms with Crippen LogP contribution in [0.15, 0.2) is 30.5 Å². The molecule has 0 bridgehead atoms. The third kappa shape index (κ3) is 3.70. The zero-order chi connectivity index (χ0) is 18.0. The van der Waals surface area contributed by atoms with Crippen LogP contribution in [0, 0.1) is 18.6 Å². The predicted octanol–water partition coefficient (Wildman–Crippen LogP) is 1.32. The van der Waals surface area contributed by atoms with E-state index in [1.54, 1.807) is 10.9 Å². The molecule has 0 saturated carbocycles. The molecule has 2 N–H and O–H groups in total. The zero-order valence-electron chi connectivity index (χ0n) is 13.5. The average Bonchev–Trinajstić information content (AvgIpc) is 3.11. The number of hydrogen-bond acceptors (Lipinski definition) is 4. The van der Waals surface area contributed by atoms with Gasteiger partial charge >= 0.3 is 0 Å². The summed E-state index contributed by atoms with van der Waals surface area (Å²) in [6.45, 7) is 2.41. The number of aryl methyl sites for hydroxylation is 3.